The van der Waals surface area contributed by atoms with E-state index in [9.17, 15) is 4.79 Å². The van der Waals surface area contributed by atoms with Crippen LogP contribution in [0.2, 0.25) is 0 Å². The van der Waals surface area contributed by atoms with Gasteiger partial charge in [0.25, 0.3) is 0 Å². The smallest absolute Gasteiger partial charge is 0.151 e. The van der Waals surface area contributed by atoms with E-state index >= 15 is 0 Å². The van der Waals surface area contributed by atoms with Gasteiger partial charge in [-0.05, 0) is 23.6 Å². The summed E-state index contributed by atoms with van der Waals surface area (Å²) in [6.45, 7) is 2.01. The summed E-state index contributed by atoms with van der Waals surface area (Å²) in [6, 6.07) is 6.14. The van der Waals surface area contributed by atoms with Gasteiger partial charge in [-0.3, -0.25) is 4.79 Å². The summed E-state index contributed by atoms with van der Waals surface area (Å²) in [6.07, 6.45) is 0.441. The number of hydrogen-bond acceptors (Lipinski definition) is 1. The molecule has 0 saturated carbocycles. The van der Waals surface area contributed by atoms with Gasteiger partial charge < -0.3 is 0 Å². The monoisotopic (exact) mass is 274 g/mol. The molecule has 0 radical (unpaired) electrons. The lowest BCUT2D eigenvalue weighted by Gasteiger charge is -2.05. The van der Waals surface area contributed by atoms with Crippen LogP contribution in [0.5, 0.6) is 0 Å². The minimum Gasteiger partial charge on any atom is -0.298 e. The van der Waals surface area contributed by atoms with Crippen LogP contribution in [0.3, 0.4) is 0 Å². The second-order valence-corrected chi connectivity index (χ2v) is 4.07. The van der Waals surface area contributed by atoms with E-state index in [0.29, 0.717) is 6.42 Å². The van der Waals surface area contributed by atoms with Crippen molar-refractivity contribution in [3.8, 4) is 0 Å². The zero-order valence-corrected chi connectivity index (χ0v) is 10.4. The van der Waals surface area contributed by atoms with Crippen molar-refractivity contribution >= 4 is 33.3 Å². The molecule has 0 atom stereocenters. The average Bonchev–Trinajstić information content (AvgIpc) is 2.21. The van der Waals surface area contributed by atoms with Crippen LogP contribution >= 0.6 is 27.5 Å². The van der Waals surface area contributed by atoms with E-state index in [2.05, 4.69) is 28.1 Å². The lowest BCUT2D eigenvalue weighted by atomic mass is 10.0. The van der Waals surface area contributed by atoms with Crippen LogP contribution in [0.15, 0.2) is 18.2 Å². The summed E-state index contributed by atoms with van der Waals surface area (Å²) >= 11 is 8.86. The first-order valence-corrected chi connectivity index (χ1v) is 6.05. The topological polar surface area (TPSA) is 17.1 Å². The number of aryl methyl sites for hydroxylation is 1. The highest BCUT2D eigenvalue weighted by Crippen LogP contribution is 2.14. The molecule has 0 spiro atoms. The van der Waals surface area contributed by atoms with Gasteiger partial charge in [-0.1, -0.05) is 34.1 Å². The van der Waals surface area contributed by atoms with Crippen LogP contribution in [-0.4, -0.2) is 11.7 Å². The molecular formula is C11H12BrClO. The van der Waals surface area contributed by atoms with Gasteiger partial charge in [0.1, 0.15) is 0 Å². The molecule has 76 valence electrons. The van der Waals surface area contributed by atoms with Gasteiger partial charge in [0.05, 0.1) is 5.88 Å². The lowest BCUT2D eigenvalue weighted by Crippen LogP contribution is -2.05. The molecule has 1 rings (SSSR count). The molecule has 0 saturated heterocycles. The van der Waals surface area contributed by atoms with Crippen LogP contribution < -0.4 is 0 Å². The number of benzene rings is 1. The fourth-order valence-electron chi connectivity index (χ4n) is 1.26. The Morgan fingerprint density at radius 3 is 2.79 bits per heavy atom. The van der Waals surface area contributed by atoms with Gasteiger partial charge in [0.2, 0.25) is 0 Å². The van der Waals surface area contributed by atoms with Gasteiger partial charge in [-0.2, -0.15) is 0 Å². The number of alkyl halides is 2. The summed E-state index contributed by atoms with van der Waals surface area (Å²) in [4.78, 5) is 11.2. The molecule has 3 heteroatoms. The number of rotatable bonds is 4. The quantitative estimate of drug-likeness (QED) is 0.771. The van der Waals surface area contributed by atoms with Gasteiger partial charge in [-0.15, -0.1) is 11.6 Å². The maximum absolute atomic E-state index is 11.2. The number of ketones is 1. The first kappa shape index (κ1) is 11.7. The molecule has 14 heavy (non-hydrogen) atoms. The number of carbonyl (C=O) groups excluding carboxylic acids is 1. The molecule has 1 aromatic rings. The van der Waals surface area contributed by atoms with Gasteiger partial charge in [-0.25, -0.2) is 0 Å². The minimum atomic E-state index is 0.0708. The van der Waals surface area contributed by atoms with Crippen molar-refractivity contribution in [2.24, 2.45) is 0 Å². The standard InChI is InChI=1S/C11H12BrClO/c1-8-2-3-9(6-12)4-10(8)5-11(14)7-13/h2-4H,5-7H2,1H3. The molecule has 0 fully saturated rings. The van der Waals surface area contributed by atoms with Crippen molar-refractivity contribution in [1.82, 2.24) is 0 Å². The van der Waals surface area contributed by atoms with Crippen molar-refractivity contribution in [3.05, 3.63) is 34.9 Å². The van der Waals surface area contributed by atoms with Crippen LogP contribution in [-0.2, 0) is 16.5 Å². The molecule has 0 aromatic heterocycles. The second kappa shape index (κ2) is 5.52. The van der Waals surface area contributed by atoms with Gasteiger partial charge >= 0.3 is 0 Å². The van der Waals surface area contributed by atoms with E-state index in [-0.39, 0.29) is 11.7 Å². The highest BCUT2D eigenvalue weighted by molar-refractivity contribution is 9.08. The Labute approximate surface area is 97.6 Å². The molecular weight excluding hydrogens is 263 g/mol. The van der Waals surface area contributed by atoms with Crippen molar-refractivity contribution in [3.63, 3.8) is 0 Å². The molecule has 0 amide bonds. The Morgan fingerprint density at radius 2 is 2.21 bits per heavy atom. The van der Waals surface area contributed by atoms with Gasteiger partial charge in [0.15, 0.2) is 5.78 Å². The highest BCUT2D eigenvalue weighted by atomic mass is 79.9. The number of carbonyl (C=O) groups is 1. The number of Topliss-reactive ketones (excluding diaryl/α,β-unsaturated/α-hetero) is 1. The van der Waals surface area contributed by atoms with E-state index in [0.717, 1.165) is 16.5 Å². The van der Waals surface area contributed by atoms with Crippen LogP contribution in [0.25, 0.3) is 0 Å². The minimum absolute atomic E-state index is 0.0708. The van der Waals surface area contributed by atoms with Crippen LogP contribution in [0.4, 0.5) is 0 Å². The molecule has 0 aliphatic heterocycles. The third kappa shape index (κ3) is 3.10. The zero-order chi connectivity index (χ0) is 10.6. The molecule has 0 N–H and O–H groups in total. The van der Waals surface area contributed by atoms with Gasteiger partial charge in [0, 0.05) is 11.8 Å². The summed E-state index contributed by atoms with van der Waals surface area (Å²) in [5, 5.41) is 0.815. The summed E-state index contributed by atoms with van der Waals surface area (Å²) in [5.41, 5.74) is 3.41. The second-order valence-electron chi connectivity index (χ2n) is 3.24. The zero-order valence-electron chi connectivity index (χ0n) is 8.02. The molecule has 0 bridgehead atoms. The fourth-order valence-corrected chi connectivity index (χ4v) is 1.70. The van der Waals surface area contributed by atoms with E-state index in [1.54, 1.807) is 0 Å². The molecule has 0 heterocycles. The predicted molar refractivity (Wildman–Crippen MR) is 63.2 cm³/mol. The van der Waals surface area contributed by atoms with E-state index in [4.69, 9.17) is 11.6 Å². The maximum Gasteiger partial charge on any atom is 0.151 e. The highest BCUT2D eigenvalue weighted by Gasteiger charge is 2.05. The molecule has 1 aromatic carbocycles. The normalized spacial score (nSPS) is 10.2. The van der Waals surface area contributed by atoms with E-state index in [1.165, 1.54) is 5.56 Å². The maximum atomic E-state index is 11.2. The molecule has 0 aliphatic carbocycles. The largest absolute Gasteiger partial charge is 0.298 e. The third-order valence-corrected chi connectivity index (χ3v) is 3.05. The summed E-state index contributed by atoms with van der Waals surface area (Å²) in [5.74, 6) is 0.166. The van der Waals surface area contributed by atoms with Crippen molar-refractivity contribution < 1.29 is 4.79 Å². The van der Waals surface area contributed by atoms with Crippen LogP contribution in [0.1, 0.15) is 16.7 Å². The van der Waals surface area contributed by atoms with E-state index < -0.39 is 0 Å². The molecule has 0 unspecified atom stereocenters. The SMILES string of the molecule is Cc1ccc(CBr)cc1CC(=O)CCl. The Hall–Kier alpha value is -0.340. The molecule has 1 nitrogen and oxygen atoms in total. The molecule has 0 aliphatic rings. The number of hydrogen-bond donors (Lipinski definition) is 0. The fraction of sp³-hybridized carbons (Fsp3) is 0.364. The third-order valence-electron chi connectivity index (χ3n) is 2.10. The first-order chi connectivity index (χ1) is 6.67. The Kier molecular flexibility index (Phi) is 4.63. The Morgan fingerprint density at radius 1 is 1.50 bits per heavy atom. The number of halogens is 2. The summed E-state index contributed by atoms with van der Waals surface area (Å²) < 4.78 is 0. The van der Waals surface area contributed by atoms with Crippen molar-refractivity contribution in [2.45, 2.75) is 18.7 Å². The summed E-state index contributed by atoms with van der Waals surface area (Å²) in [7, 11) is 0. The Balaban J connectivity index is 2.89. The first-order valence-electron chi connectivity index (χ1n) is 4.39. The van der Waals surface area contributed by atoms with Crippen molar-refractivity contribution in [2.75, 3.05) is 5.88 Å². The predicted octanol–water partition coefficient (Wildman–Crippen LogP) is 3.24. The van der Waals surface area contributed by atoms with E-state index in [1.807, 2.05) is 13.0 Å². The lowest BCUT2D eigenvalue weighted by molar-refractivity contribution is -0.116. The van der Waals surface area contributed by atoms with Crippen molar-refractivity contribution in [1.29, 1.82) is 0 Å². The average molecular weight is 276 g/mol. The Bertz CT molecular complexity index is 336. The van der Waals surface area contributed by atoms with Crippen LogP contribution in [0, 0.1) is 6.92 Å².